The fourth-order valence-electron chi connectivity index (χ4n) is 1.60. The Kier molecular flexibility index (Phi) is 3.46. The molecule has 1 heterocycles. The van der Waals surface area contributed by atoms with Crippen LogP contribution in [0.3, 0.4) is 0 Å². The Morgan fingerprint density at radius 3 is 2.54 bits per heavy atom. The van der Waals surface area contributed by atoms with Crippen LogP contribution in [0, 0.1) is 5.92 Å². The third-order valence-corrected chi connectivity index (χ3v) is 2.94. The molecule has 2 unspecified atom stereocenters. The number of hydrogen-bond donors (Lipinski definition) is 0. The molecule has 0 radical (unpaired) electrons. The summed E-state index contributed by atoms with van der Waals surface area (Å²) in [6.45, 7) is 1.99. The Morgan fingerprint density at radius 1 is 1.46 bits per heavy atom. The summed E-state index contributed by atoms with van der Waals surface area (Å²) < 4.78 is 36.0. The highest BCUT2D eigenvalue weighted by Crippen LogP contribution is 2.24. The standard InChI is InChI=1S/C8H13ClF3N/c1-6-4-13(3-2-7(6)9)5-8(10,11)12/h6-7H,2-5H2,1H3. The molecule has 1 nitrogen and oxygen atoms in total. The first-order chi connectivity index (χ1) is 5.88. The lowest BCUT2D eigenvalue weighted by Gasteiger charge is -2.34. The van der Waals surface area contributed by atoms with Gasteiger partial charge in [0.1, 0.15) is 0 Å². The molecule has 0 aliphatic carbocycles. The van der Waals surface area contributed by atoms with E-state index >= 15 is 0 Å². The van der Waals surface area contributed by atoms with Gasteiger partial charge in [-0.25, -0.2) is 0 Å². The van der Waals surface area contributed by atoms with Crippen molar-refractivity contribution >= 4 is 11.6 Å². The molecule has 1 aliphatic rings. The van der Waals surface area contributed by atoms with Crippen LogP contribution in [-0.2, 0) is 0 Å². The number of alkyl halides is 4. The van der Waals surface area contributed by atoms with Crippen molar-refractivity contribution in [3.63, 3.8) is 0 Å². The molecular formula is C8H13ClF3N. The highest BCUT2D eigenvalue weighted by molar-refractivity contribution is 6.20. The van der Waals surface area contributed by atoms with Gasteiger partial charge < -0.3 is 0 Å². The first-order valence-electron chi connectivity index (χ1n) is 4.31. The monoisotopic (exact) mass is 215 g/mol. The van der Waals surface area contributed by atoms with E-state index in [-0.39, 0.29) is 11.3 Å². The van der Waals surface area contributed by atoms with Gasteiger partial charge >= 0.3 is 6.18 Å². The quantitative estimate of drug-likeness (QED) is 0.608. The highest BCUT2D eigenvalue weighted by atomic mass is 35.5. The van der Waals surface area contributed by atoms with Gasteiger partial charge in [0.15, 0.2) is 0 Å². The fourth-order valence-corrected chi connectivity index (χ4v) is 1.78. The Balaban J connectivity index is 2.38. The van der Waals surface area contributed by atoms with E-state index in [1.165, 1.54) is 4.90 Å². The lowest BCUT2D eigenvalue weighted by Crippen LogP contribution is -2.44. The minimum Gasteiger partial charge on any atom is -0.295 e. The molecule has 1 aliphatic heterocycles. The van der Waals surface area contributed by atoms with Crippen molar-refractivity contribution in [2.24, 2.45) is 5.92 Å². The molecule has 0 aromatic heterocycles. The second-order valence-corrected chi connectivity index (χ2v) is 4.19. The van der Waals surface area contributed by atoms with Crippen molar-refractivity contribution in [1.29, 1.82) is 0 Å². The summed E-state index contributed by atoms with van der Waals surface area (Å²) in [5.74, 6) is 0.151. The molecule has 0 saturated carbocycles. The van der Waals surface area contributed by atoms with Crippen LogP contribution >= 0.6 is 11.6 Å². The number of rotatable bonds is 1. The molecule has 2 atom stereocenters. The average Bonchev–Trinajstić information content (AvgIpc) is 1.94. The number of likely N-dealkylation sites (tertiary alicyclic amines) is 1. The van der Waals surface area contributed by atoms with E-state index in [1.807, 2.05) is 6.92 Å². The zero-order chi connectivity index (χ0) is 10.1. The minimum absolute atomic E-state index is 0.0319. The molecule has 0 spiro atoms. The zero-order valence-corrected chi connectivity index (χ0v) is 8.20. The van der Waals surface area contributed by atoms with E-state index in [9.17, 15) is 13.2 Å². The summed E-state index contributed by atoms with van der Waals surface area (Å²) in [7, 11) is 0. The highest BCUT2D eigenvalue weighted by Gasteiger charge is 2.34. The molecule has 1 rings (SSSR count). The van der Waals surface area contributed by atoms with Gasteiger partial charge in [-0.1, -0.05) is 6.92 Å². The molecule has 0 aromatic rings. The molecule has 0 amide bonds. The largest absolute Gasteiger partial charge is 0.401 e. The van der Waals surface area contributed by atoms with Crippen molar-refractivity contribution in [3.05, 3.63) is 0 Å². The number of nitrogens with zero attached hydrogens (tertiary/aromatic N) is 1. The number of piperidine rings is 1. The molecular weight excluding hydrogens is 203 g/mol. The summed E-state index contributed by atoms with van der Waals surface area (Å²) in [5, 5.41) is 0.0319. The van der Waals surface area contributed by atoms with Gasteiger partial charge in [0.2, 0.25) is 0 Å². The van der Waals surface area contributed by atoms with Crippen molar-refractivity contribution in [3.8, 4) is 0 Å². The first kappa shape index (κ1) is 11.1. The van der Waals surface area contributed by atoms with Gasteiger partial charge in [-0.05, 0) is 18.9 Å². The maximum Gasteiger partial charge on any atom is 0.401 e. The molecule has 0 bridgehead atoms. The third kappa shape index (κ3) is 3.73. The van der Waals surface area contributed by atoms with Gasteiger partial charge in [0.25, 0.3) is 0 Å². The van der Waals surface area contributed by atoms with Gasteiger partial charge in [0, 0.05) is 11.9 Å². The minimum atomic E-state index is -4.08. The summed E-state index contributed by atoms with van der Waals surface area (Å²) >= 11 is 5.90. The Bertz CT molecular complexity index is 171. The van der Waals surface area contributed by atoms with Crippen LogP contribution in [0.25, 0.3) is 0 Å². The maximum absolute atomic E-state index is 12.0. The van der Waals surface area contributed by atoms with E-state index < -0.39 is 12.7 Å². The predicted octanol–water partition coefficient (Wildman–Crippen LogP) is 2.50. The topological polar surface area (TPSA) is 3.24 Å². The molecule has 13 heavy (non-hydrogen) atoms. The molecule has 5 heteroatoms. The van der Waals surface area contributed by atoms with Crippen molar-refractivity contribution in [2.75, 3.05) is 19.6 Å². The average molecular weight is 216 g/mol. The Hall–Kier alpha value is 0.0400. The van der Waals surface area contributed by atoms with Gasteiger partial charge in [-0.3, -0.25) is 4.90 Å². The Morgan fingerprint density at radius 2 is 2.08 bits per heavy atom. The van der Waals surface area contributed by atoms with Crippen molar-refractivity contribution < 1.29 is 13.2 Å². The first-order valence-corrected chi connectivity index (χ1v) is 4.75. The maximum atomic E-state index is 12.0. The van der Waals surface area contributed by atoms with E-state index in [1.54, 1.807) is 0 Å². The molecule has 1 fully saturated rings. The van der Waals surface area contributed by atoms with Crippen LogP contribution in [0.2, 0.25) is 0 Å². The van der Waals surface area contributed by atoms with Crippen LogP contribution in [0.4, 0.5) is 13.2 Å². The lowest BCUT2D eigenvalue weighted by molar-refractivity contribution is -0.149. The van der Waals surface area contributed by atoms with Crippen LogP contribution in [0.1, 0.15) is 13.3 Å². The molecule has 0 N–H and O–H groups in total. The van der Waals surface area contributed by atoms with Crippen molar-refractivity contribution in [1.82, 2.24) is 4.90 Å². The van der Waals surface area contributed by atoms with E-state index in [0.717, 1.165) is 0 Å². The summed E-state index contributed by atoms with van der Waals surface area (Å²) in [6, 6.07) is 0. The predicted molar refractivity (Wildman–Crippen MR) is 45.9 cm³/mol. The second-order valence-electron chi connectivity index (χ2n) is 3.63. The van der Waals surface area contributed by atoms with E-state index in [2.05, 4.69) is 0 Å². The molecule has 78 valence electrons. The van der Waals surface area contributed by atoms with Gasteiger partial charge in [-0.2, -0.15) is 13.2 Å². The Labute approximate surface area is 80.8 Å². The normalized spacial score (nSPS) is 32.1. The molecule has 1 saturated heterocycles. The number of hydrogen-bond acceptors (Lipinski definition) is 1. The van der Waals surface area contributed by atoms with Crippen LogP contribution < -0.4 is 0 Å². The second kappa shape index (κ2) is 4.05. The van der Waals surface area contributed by atoms with Crippen molar-refractivity contribution in [2.45, 2.75) is 24.9 Å². The third-order valence-electron chi connectivity index (χ3n) is 2.29. The van der Waals surface area contributed by atoms with E-state index in [0.29, 0.717) is 19.5 Å². The van der Waals surface area contributed by atoms with Crippen LogP contribution in [-0.4, -0.2) is 36.1 Å². The van der Waals surface area contributed by atoms with Crippen LogP contribution in [0.15, 0.2) is 0 Å². The smallest absolute Gasteiger partial charge is 0.295 e. The lowest BCUT2D eigenvalue weighted by atomic mass is 10.00. The van der Waals surface area contributed by atoms with Gasteiger partial charge in [-0.15, -0.1) is 11.6 Å². The fraction of sp³-hybridized carbons (Fsp3) is 1.00. The zero-order valence-electron chi connectivity index (χ0n) is 7.44. The summed E-state index contributed by atoms with van der Waals surface area (Å²) in [4.78, 5) is 1.42. The van der Waals surface area contributed by atoms with Crippen LogP contribution in [0.5, 0.6) is 0 Å². The van der Waals surface area contributed by atoms with Gasteiger partial charge in [0.05, 0.1) is 6.54 Å². The van der Waals surface area contributed by atoms with E-state index in [4.69, 9.17) is 11.6 Å². The molecule has 0 aromatic carbocycles. The number of halogens is 4. The SMILES string of the molecule is CC1CN(CC(F)(F)F)CCC1Cl. The summed E-state index contributed by atoms with van der Waals surface area (Å²) in [6.07, 6.45) is -3.43. The summed E-state index contributed by atoms with van der Waals surface area (Å²) in [5.41, 5.74) is 0.